The van der Waals surface area contributed by atoms with Crippen LogP contribution in [0.1, 0.15) is 5.69 Å². The minimum Gasteiger partial charge on any atom is -0.383 e. The zero-order chi connectivity index (χ0) is 14.4. The van der Waals surface area contributed by atoms with Crippen molar-refractivity contribution < 1.29 is 4.74 Å². The monoisotopic (exact) mass is 337 g/mol. The Bertz CT molecular complexity index is 628. The summed E-state index contributed by atoms with van der Waals surface area (Å²) in [5.41, 5.74) is 1.41. The second-order valence-electron chi connectivity index (χ2n) is 4.23. The molecule has 0 unspecified atom stereocenters. The van der Waals surface area contributed by atoms with Gasteiger partial charge < -0.3 is 15.0 Å². The van der Waals surface area contributed by atoms with E-state index < -0.39 is 0 Å². The van der Waals surface area contributed by atoms with Crippen LogP contribution in [-0.2, 0) is 11.3 Å². The summed E-state index contributed by atoms with van der Waals surface area (Å²) in [6.07, 6.45) is 0. The number of ether oxygens (including phenoxy) is 1. The Labute approximate surface area is 125 Å². The van der Waals surface area contributed by atoms with Crippen molar-refractivity contribution in [3.8, 4) is 11.4 Å². The van der Waals surface area contributed by atoms with E-state index in [1.165, 1.54) is 6.07 Å². The largest absolute Gasteiger partial charge is 0.383 e. The van der Waals surface area contributed by atoms with Gasteiger partial charge in [0.25, 0.3) is 5.56 Å². The first-order valence-corrected chi connectivity index (χ1v) is 7.05. The van der Waals surface area contributed by atoms with Gasteiger partial charge in [0.15, 0.2) is 0 Å². The maximum atomic E-state index is 11.7. The molecule has 2 N–H and O–H groups in total. The van der Waals surface area contributed by atoms with E-state index >= 15 is 0 Å². The van der Waals surface area contributed by atoms with Crippen LogP contribution in [0.4, 0.5) is 0 Å². The van der Waals surface area contributed by atoms with E-state index in [0.29, 0.717) is 24.7 Å². The second kappa shape index (κ2) is 7.33. The fourth-order valence-electron chi connectivity index (χ4n) is 1.77. The van der Waals surface area contributed by atoms with Gasteiger partial charge in [0.2, 0.25) is 0 Å². The summed E-state index contributed by atoms with van der Waals surface area (Å²) in [4.78, 5) is 19.0. The molecule has 0 spiro atoms. The molecular formula is C14H16BrN3O2. The molecule has 1 aromatic carbocycles. The smallest absolute Gasteiger partial charge is 0.251 e. The number of H-pyrrole nitrogens is 1. The number of nitrogens with zero attached hydrogens (tertiary/aromatic N) is 1. The highest BCUT2D eigenvalue weighted by atomic mass is 79.9. The molecule has 20 heavy (non-hydrogen) atoms. The van der Waals surface area contributed by atoms with Gasteiger partial charge in [0.05, 0.1) is 12.3 Å². The van der Waals surface area contributed by atoms with Crippen molar-refractivity contribution in [2.24, 2.45) is 0 Å². The summed E-state index contributed by atoms with van der Waals surface area (Å²) < 4.78 is 5.85. The Hall–Kier alpha value is -1.50. The molecule has 0 bridgehead atoms. The lowest BCUT2D eigenvalue weighted by Crippen LogP contribution is -2.21. The van der Waals surface area contributed by atoms with E-state index in [0.717, 1.165) is 16.6 Å². The number of nitrogens with one attached hydrogen (secondary N) is 2. The zero-order valence-electron chi connectivity index (χ0n) is 11.1. The minimum absolute atomic E-state index is 0.158. The molecule has 0 aliphatic carbocycles. The number of hydrogen-bond acceptors (Lipinski definition) is 4. The van der Waals surface area contributed by atoms with Crippen LogP contribution >= 0.6 is 15.9 Å². The molecule has 0 radical (unpaired) electrons. The quantitative estimate of drug-likeness (QED) is 0.790. The molecular weight excluding hydrogens is 322 g/mol. The molecule has 106 valence electrons. The molecule has 0 saturated carbocycles. The minimum atomic E-state index is -0.158. The highest BCUT2D eigenvalue weighted by Crippen LogP contribution is 2.24. The van der Waals surface area contributed by atoms with Gasteiger partial charge in [-0.3, -0.25) is 4.79 Å². The van der Waals surface area contributed by atoms with Gasteiger partial charge in [0, 0.05) is 36.3 Å². The van der Waals surface area contributed by atoms with Gasteiger partial charge in [-0.05, 0) is 6.07 Å². The maximum Gasteiger partial charge on any atom is 0.251 e. The molecule has 6 heteroatoms. The van der Waals surface area contributed by atoms with Crippen LogP contribution in [0.25, 0.3) is 11.4 Å². The third-order valence-corrected chi connectivity index (χ3v) is 3.40. The van der Waals surface area contributed by atoms with E-state index in [1.54, 1.807) is 7.11 Å². The lowest BCUT2D eigenvalue weighted by Gasteiger charge is -2.07. The molecule has 0 amide bonds. The van der Waals surface area contributed by atoms with Gasteiger partial charge in [-0.1, -0.05) is 34.1 Å². The number of benzene rings is 1. The van der Waals surface area contributed by atoms with E-state index in [4.69, 9.17) is 4.74 Å². The van der Waals surface area contributed by atoms with Crippen molar-refractivity contribution in [2.45, 2.75) is 6.54 Å². The highest BCUT2D eigenvalue weighted by molar-refractivity contribution is 9.10. The molecule has 0 aliphatic heterocycles. The van der Waals surface area contributed by atoms with Crippen molar-refractivity contribution in [1.82, 2.24) is 15.3 Å². The molecule has 0 fully saturated rings. The van der Waals surface area contributed by atoms with Gasteiger partial charge >= 0.3 is 0 Å². The molecule has 1 aromatic heterocycles. The summed E-state index contributed by atoms with van der Waals surface area (Å²) in [7, 11) is 1.65. The van der Waals surface area contributed by atoms with Crippen molar-refractivity contribution in [2.75, 3.05) is 20.3 Å². The van der Waals surface area contributed by atoms with Crippen LogP contribution in [-0.4, -0.2) is 30.2 Å². The normalized spacial score (nSPS) is 10.7. The SMILES string of the molecule is COCCNCc1cc(=O)[nH]c(-c2ccccc2Br)n1. The number of rotatable bonds is 6. The van der Waals surface area contributed by atoms with Crippen LogP contribution in [0.15, 0.2) is 39.6 Å². The van der Waals surface area contributed by atoms with Crippen molar-refractivity contribution in [1.29, 1.82) is 0 Å². The predicted octanol–water partition coefficient (Wildman–Crippen LogP) is 1.94. The number of aromatic nitrogens is 2. The third-order valence-electron chi connectivity index (χ3n) is 2.71. The van der Waals surface area contributed by atoms with E-state index in [1.807, 2.05) is 24.3 Å². The van der Waals surface area contributed by atoms with Gasteiger partial charge in [-0.25, -0.2) is 4.98 Å². The van der Waals surface area contributed by atoms with Crippen LogP contribution in [0.3, 0.4) is 0 Å². The Kier molecular flexibility index (Phi) is 5.46. The van der Waals surface area contributed by atoms with Gasteiger partial charge in [-0.15, -0.1) is 0 Å². The average Bonchev–Trinajstić information content (AvgIpc) is 2.43. The van der Waals surface area contributed by atoms with Gasteiger partial charge in [-0.2, -0.15) is 0 Å². The van der Waals surface area contributed by atoms with Gasteiger partial charge in [0.1, 0.15) is 5.82 Å². The first-order valence-electron chi connectivity index (χ1n) is 6.25. The number of aromatic amines is 1. The van der Waals surface area contributed by atoms with Crippen molar-refractivity contribution in [3.63, 3.8) is 0 Å². The number of hydrogen-bond donors (Lipinski definition) is 2. The summed E-state index contributed by atoms with van der Waals surface area (Å²) in [5, 5.41) is 3.17. The molecule has 2 rings (SSSR count). The van der Waals surface area contributed by atoms with Crippen molar-refractivity contribution in [3.05, 3.63) is 50.9 Å². The molecule has 2 aromatic rings. The van der Waals surface area contributed by atoms with Crippen molar-refractivity contribution >= 4 is 15.9 Å². The molecule has 1 heterocycles. The first-order chi connectivity index (χ1) is 9.70. The van der Waals surface area contributed by atoms with E-state index in [-0.39, 0.29) is 5.56 Å². The Morgan fingerprint density at radius 1 is 1.40 bits per heavy atom. The summed E-state index contributed by atoms with van der Waals surface area (Å²) in [6, 6.07) is 9.15. The third kappa shape index (κ3) is 4.00. The second-order valence-corrected chi connectivity index (χ2v) is 5.09. The maximum absolute atomic E-state index is 11.7. The average molecular weight is 338 g/mol. The predicted molar refractivity (Wildman–Crippen MR) is 81.6 cm³/mol. The lowest BCUT2D eigenvalue weighted by atomic mass is 10.2. The standard InChI is InChI=1S/C14H16BrN3O2/c1-20-7-6-16-9-10-8-13(19)18-14(17-10)11-4-2-3-5-12(11)15/h2-5,8,16H,6-7,9H2,1H3,(H,17,18,19). The van der Waals surface area contributed by atoms with E-state index in [2.05, 4.69) is 31.2 Å². The topological polar surface area (TPSA) is 67.0 Å². The van der Waals surface area contributed by atoms with Crippen LogP contribution in [0, 0.1) is 0 Å². The fraction of sp³-hybridized carbons (Fsp3) is 0.286. The molecule has 0 aliphatic rings. The number of methoxy groups -OCH3 is 1. The summed E-state index contributed by atoms with van der Waals surface area (Å²) in [6.45, 7) is 1.88. The first kappa shape index (κ1) is 14.9. The van der Waals surface area contributed by atoms with Crippen LogP contribution in [0.5, 0.6) is 0 Å². The van der Waals surface area contributed by atoms with E-state index in [9.17, 15) is 4.79 Å². The molecule has 5 nitrogen and oxygen atoms in total. The Morgan fingerprint density at radius 3 is 2.95 bits per heavy atom. The molecule has 0 atom stereocenters. The fourth-order valence-corrected chi connectivity index (χ4v) is 2.24. The molecule has 0 saturated heterocycles. The Morgan fingerprint density at radius 2 is 2.20 bits per heavy atom. The van der Waals surface area contributed by atoms with Crippen LogP contribution < -0.4 is 10.9 Å². The lowest BCUT2D eigenvalue weighted by molar-refractivity contribution is 0.199. The zero-order valence-corrected chi connectivity index (χ0v) is 12.7. The summed E-state index contributed by atoms with van der Waals surface area (Å²) >= 11 is 3.46. The summed E-state index contributed by atoms with van der Waals surface area (Å²) in [5.74, 6) is 0.563. The Balaban J connectivity index is 2.21. The highest BCUT2D eigenvalue weighted by Gasteiger charge is 2.07. The van der Waals surface area contributed by atoms with Crippen LogP contribution in [0.2, 0.25) is 0 Å². The number of halogens is 1.